The summed E-state index contributed by atoms with van der Waals surface area (Å²) in [6.45, 7) is 11.4. The molecule has 1 aromatic heterocycles. The largest absolute Gasteiger partial charge is 0.348 e. The minimum absolute atomic E-state index is 0.00811. The predicted molar refractivity (Wildman–Crippen MR) is 116 cm³/mol. The lowest BCUT2D eigenvalue weighted by atomic mass is 9.90. The van der Waals surface area contributed by atoms with Gasteiger partial charge in [0.1, 0.15) is 6.54 Å². The second-order valence-corrected chi connectivity index (χ2v) is 9.54. The van der Waals surface area contributed by atoms with Crippen molar-refractivity contribution in [2.45, 2.75) is 84.5 Å². The molecule has 160 valence electrons. The Morgan fingerprint density at radius 3 is 2.62 bits per heavy atom. The third-order valence-corrected chi connectivity index (χ3v) is 5.71. The lowest BCUT2D eigenvalue weighted by Crippen LogP contribution is -2.54. The van der Waals surface area contributed by atoms with Crippen LogP contribution in [0.15, 0.2) is 30.0 Å². The van der Waals surface area contributed by atoms with Crippen molar-refractivity contribution in [2.75, 3.05) is 13.1 Å². The zero-order chi connectivity index (χ0) is 21.2. The van der Waals surface area contributed by atoms with Crippen molar-refractivity contribution in [3.63, 3.8) is 0 Å². The van der Waals surface area contributed by atoms with Crippen LogP contribution in [0, 0.1) is 0 Å². The van der Waals surface area contributed by atoms with E-state index in [1.54, 1.807) is 4.90 Å². The number of carbonyl (C=O) groups excluding carboxylic acids is 2. The molecule has 0 fully saturated rings. The molecule has 2 aliphatic rings. The average Bonchev–Trinajstić information content (AvgIpc) is 3.12. The Morgan fingerprint density at radius 1 is 1.24 bits per heavy atom. The molecule has 0 saturated heterocycles. The number of rotatable bonds is 4. The molecule has 1 aliphatic heterocycles. The quantitative estimate of drug-likeness (QED) is 0.774. The molecule has 6 nitrogen and oxygen atoms in total. The SMILES string of the molecule is CC(C)N(CC(=O)N1CCn2cccc2C1C1=CCCCC1)C(=O)NC(C)(C)C. The molecule has 0 aromatic carbocycles. The maximum absolute atomic E-state index is 13.4. The van der Waals surface area contributed by atoms with E-state index in [0.29, 0.717) is 6.54 Å². The van der Waals surface area contributed by atoms with Gasteiger partial charge in [0, 0.05) is 36.6 Å². The van der Waals surface area contributed by atoms with Crippen molar-refractivity contribution in [2.24, 2.45) is 0 Å². The number of nitrogens with one attached hydrogen (secondary N) is 1. The number of carbonyl (C=O) groups is 2. The zero-order valence-corrected chi connectivity index (χ0v) is 18.6. The Balaban J connectivity index is 1.82. The van der Waals surface area contributed by atoms with E-state index in [2.05, 4.69) is 34.3 Å². The second-order valence-electron chi connectivity index (χ2n) is 9.54. The lowest BCUT2D eigenvalue weighted by Gasteiger charge is -2.41. The summed E-state index contributed by atoms with van der Waals surface area (Å²) in [7, 11) is 0. The van der Waals surface area contributed by atoms with Crippen LogP contribution < -0.4 is 5.32 Å². The van der Waals surface area contributed by atoms with Gasteiger partial charge in [-0.3, -0.25) is 4.79 Å². The van der Waals surface area contributed by atoms with Crippen molar-refractivity contribution in [1.82, 2.24) is 19.7 Å². The molecule has 1 aliphatic carbocycles. The molecule has 0 spiro atoms. The molecule has 0 bridgehead atoms. The predicted octanol–water partition coefficient (Wildman–Crippen LogP) is 4.09. The fourth-order valence-electron chi connectivity index (χ4n) is 4.27. The van der Waals surface area contributed by atoms with Gasteiger partial charge < -0.3 is 19.7 Å². The van der Waals surface area contributed by atoms with Crippen molar-refractivity contribution in [3.05, 3.63) is 35.7 Å². The van der Waals surface area contributed by atoms with E-state index >= 15 is 0 Å². The van der Waals surface area contributed by atoms with Gasteiger partial charge in [0.05, 0.1) is 6.04 Å². The van der Waals surface area contributed by atoms with Crippen LogP contribution in [-0.2, 0) is 11.3 Å². The van der Waals surface area contributed by atoms with Crippen LogP contribution in [0.5, 0.6) is 0 Å². The summed E-state index contributed by atoms with van der Waals surface area (Å²) >= 11 is 0. The number of allylic oxidation sites excluding steroid dienone is 1. The van der Waals surface area contributed by atoms with Gasteiger partial charge in [-0.2, -0.15) is 0 Å². The number of urea groups is 1. The lowest BCUT2D eigenvalue weighted by molar-refractivity contribution is -0.135. The summed E-state index contributed by atoms with van der Waals surface area (Å²) in [5.41, 5.74) is 2.20. The Morgan fingerprint density at radius 2 is 2.00 bits per heavy atom. The molecule has 1 N–H and O–H groups in total. The fraction of sp³-hybridized carbons (Fsp3) is 0.652. The first kappa shape index (κ1) is 21.5. The minimum Gasteiger partial charge on any atom is -0.348 e. The van der Waals surface area contributed by atoms with Gasteiger partial charge in [0.2, 0.25) is 5.91 Å². The maximum Gasteiger partial charge on any atom is 0.318 e. The Labute approximate surface area is 174 Å². The molecular weight excluding hydrogens is 364 g/mol. The van der Waals surface area contributed by atoms with E-state index in [-0.39, 0.29) is 36.1 Å². The average molecular weight is 401 g/mol. The highest BCUT2D eigenvalue weighted by Crippen LogP contribution is 2.37. The number of fused-ring (bicyclic) bond motifs is 1. The zero-order valence-electron chi connectivity index (χ0n) is 18.6. The molecule has 29 heavy (non-hydrogen) atoms. The van der Waals surface area contributed by atoms with E-state index in [4.69, 9.17) is 0 Å². The van der Waals surface area contributed by atoms with Crippen LogP contribution in [0.4, 0.5) is 4.79 Å². The van der Waals surface area contributed by atoms with Crippen LogP contribution in [0.1, 0.15) is 72.0 Å². The first-order valence-corrected chi connectivity index (χ1v) is 10.9. The van der Waals surface area contributed by atoms with Crippen LogP contribution in [0.25, 0.3) is 0 Å². The Kier molecular flexibility index (Phi) is 6.39. The summed E-state index contributed by atoms with van der Waals surface area (Å²) in [4.78, 5) is 29.9. The van der Waals surface area contributed by atoms with E-state index in [1.807, 2.05) is 39.5 Å². The van der Waals surface area contributed by atoms with Crippen LogP contribution in [-0.4, -0.2) is 51.0 Å². The number of amides is 3. The van der Waals surface area contributed by atoms with E-state index in [9.17, 15) is 9.59 Å². The molecule has 3 rings (SSSR count). The molecule has 6 heteroatoms. The number of aromatic nitrogens is 1. The van der Waals surface area contributed by atoms with E-state index in [1.165, 1.54) is 24.1 Å². The molecule has 3 amide bonds. The maximum atomic E-state index is 13.4. The number of nitrogens with zero attached hydrogens (tertiary/aromatic N) is 3. The first-order valence-electron chi connectivity index (χ1n) is 10.9. The van der Waals surface area contributed by atoms with Crippen molar-refractivity contribution >= 4 is 11.9 Å². The number of hydrogen-bond donors (Lipinski definition) is 1. The van der Waals surface area contributed by atoms with E-state index < -0.39 is 0 Å². The molecule has 1 unspecified atom stereocenters. The van der Waals surface area contributed by atoms with E-state index in [0.717, 1.165) is 19.4 Å². The monoisotopic (exact) mass is 400 g/mol. The standard InChI is InChI=1S/C23H36N4O2/c1-17(2)27(22(29)24-23(3,4)5)16-20(28)26-15-14-25-13-9-12-19(25)21(26)18-10-7-6-8-11-18/h9-10,12-13,17,21H,6-8,11,14-16H2,1-5H3,(H,24,29). The molecule has 1 aromatic rings. The summed E-state index contributed by atoms with van der Waals surface area (Å²) in [6, 6.07) is 3.95. The highest BCUT2D eigenvalue weighted by Gasteiger charge is 2.35. The van der Waals surface area contributed by atoms with Gasteiger partial charge in [0.15, 0.2) is 0 Å². The van der Waals surface area contributed by atoms with Gasteiger partial charge in [-0.25, -0.2) is 4.79 Å². The summed E-state index contributed by atoms with van der Waals surface area (Å²) in [5, 5.41) is 3.00. The molecule has 0 radical (unpaired) electrons. The van der Waals surface area contributed by atoms with Crippen LogP contribution in [0.3, 0.4) is 0 Å². The van der Waals surface area contributed by atoms with Crippen molar-refractivity contribution < 1.29 is 9.59 Å². The second kappa shape index (κ2) is 8.64. The van der Waals surface area contributed by atoms with Gasteiger partial charge in [-0.05, 0) is 78.0 Å². The molecule has 0 saturated carbocycles. The summed E-state index contributed by atoms with van der Waals surface area (Å²) in [6.07, 6.45) is 8.95. The van der Waals surface area contributed by atoms with Gasteiger partial charge in [0.25, 0.3) is 0 Å². The smallest absolute Gasteiger partial charge is 0.318 e. The normalized spacial score (nSPS) is 19.6. The highest BCUT2D eigenvalue weighted by molar-refractivity contribution is 5.85. The van der Waals surface area contributed by atoms with Crippen LogP contribution in [0.2, 0.25) is 0 Å². The molecule has 1 atom stereocenters. The topological polar surface area (TPSA) is 57.6 Å². The van der Waals surface area contributed by atoms with Gasteiger partial charge in [-0.15, -0.1) is 0 Å². The highest BCUT2D eigenvalue weighted by atomic mass is 16.2. The van der Waals surface area contributed by atoms with Gasteiger partial charge >= 0.3 is 6.03 Å². The van der Waals surface area contributed by atoms with Crippen molar-refractivity contribution in [3.8, 4) is 0 Å². The molecular formula is C23H36N4O2. The Hall–Kier alpha value is -2.24. The first-order chi connectivity index (χ1) is 13.7. The van der Waals surface area contributed by atoms with Crippen LogP contribution >= 0.6 is 0 Å². The minimum atomic E-state index is -0.339. The summed E-state index contributed by atoms with van der Waals surface area (Å²) in [5.74, 6) is 0.0201. The summed E-state index contributed by atoms with van der Waals surface area (Å²) < 4.78 is 2.26. The third kappa shape index (κ3) is 5.03. The fourth-order valence-corrected chi connectivity index (χ4v) is 4.27. The van der Waals surface area contributed by atoms with Crippen molar-refractivity contribution in [1.29, 1.82) is 0 Å². The van der Waals surface area contributed by atoms with Gasteiger partial charge in [-0.1, -0.05) is 6.08 Å². The number of hydrogen-bond acceptors (Lipinski definition) is 2. The molecule has 2 heterocycles. The third-order valence-electron chi connectivity index (χ3n) is 5.71. The Bertz CT molecular complexity index is 772.